The monoisotopic (exact) mass is 447 g/mol. The van der Waals surface area contributed by atoms with Gasteiger partial charge >= 0.3 is 5.97 Å². The summed E-state index contributed by atoms with van der Waals surface area (Å²) >= 11 is 6.96. The van der Waals surface area contributed by atoms with Gasteiger partial charge in [-0.15, -0.1) is 11.3 Å². The molecule has 2 amide bonds. The van der Waals surface area contributed by atoms with Gasteiger partial charge in [-0.1, -0.05) is 11.6 Å². The zero-order chi connectivity index (χ0) is 22.2. The number of nitrogens with one attached hydrogen (secondary N) is 2. The molecule has 30 heavy (non-hydrogen) atoms. The molecule has 0 radical (unpaired) electrons. The fourth-order valence-corrected chi connectivity index (χ4v) is 4.20. The summed E-state index contributed by atoms with van der Waals surface area (Å²) in [6.07, 6.45) is 0. The first-order valence-electron chi connectivity index (χ1n) is 8.66. The largest absolute Gasteiger partial charge is 0.465 e. The Hall–Kier alpha value is -3.17. The van der Waals surface area contributed by atoms with E-state index in [1.165, 1.54) is 18.1 Å². The second kappa shape index (κ2) is 8.29. The van der Waals surface area contributed by atoms with Crippen LogP contribution in [0.5, 0.6) is 0 Å². The summed E-state index contributed by atoms with van der Waals surface area (Å²) in [5.41, 5.74) is 0.504. The van der Waals surface area contributed by atoms with Gasteiger partial charge in [0.25, 0.3) is 11.8 Å². The molecule has 0 unspecified atom stereocenters. The first-order chi connectivity index (χ1) is 14.1. The van der Waals surface area contributed by atoms with Crippen molar-refractivity contribution in [1.82, 2.24) is 4.90 Å². The molecule has 0 aliphatic rings. The smallest absolute Gasteiger partial charge is 0.341 e. The number of carbonyl (C=O) groups is 3. The molecule has 0 saturated heterocycles. The van der Waals surface area contributed by atoms with E-state index in [2.05, 4.69) is 5.32 Å². The third kappa shape index (κ3) is 3.94. The molecule has 0 saturated carbocycles. The Morgan fingerprint density at radius 2 is 1.93 bits per heavy atom. The highest BCUT2D eigenvalue weighted by molar-refractivity contribution is 7.18. The molecule has 2 heterocycles. The van der Waals surface area contributed by atoms with E-state index in [1.54, 1.807) is 39.2 Å². The van der Waals surface area contributed by atoms with E-state index < -0.39 is 11.9 Å². The molecule has 8 nitrogen and oxygen atoms in total. The Morgan fingerprint density at radius 3 is 2.57 bits per heavy atom. The van der Waals surface area contributed by atoms with Gasteiger partial charge in [0.1, 0.15) is 16.1 Å². The lowest BCUT2D eigenvalue weighted by atomic mass is 10.1. The molecule has 0 atom stereocenters. The normalized spacial score (nSPS) is 10.7. The Morgan fingerprint density at radius 1 is 1.23 bits per heavy atom. The lowest BCUT2D eigenvalue weighted by Crippen LogP contribution is -2.21. The highest BCUT2D eigenvalue weighted by Gasteiger charge is 2.27. The molecule has 3 aromatic rings. The second-order valence-corrected chi connectivity index (χ2v) is 8.03. The SMILES string of the molecule is COC(=O)c1c(NC(=O)c2cc3cc(Cl)ccc3oc2=N)sc(C(=O)N(C)C)c1C. The topological polar surface area (TPSA) is 113 Å². The van der Waals surface area contributed by atoms with Crippen LogP contribution in [0.2, 0.25) is 5.02 Å². The molecule has 0 bridgehead atoms. The molecule has 3 rings (SSSR count). The number of ether oxygens (including phenoxy) is 1. The van der Waals surface area contributed by atoms with Crippen LogP contribution in [0.3, 0.4) is 0 Å². The molecule has 2 N–H and O–H groups in total. The summed E-state index contributed by atoms with van der Waals surface area (Å²) in [7, 11) is 4.39. The van der Waals surface area contributed by atoms with Crippen LogP contribution in [0.15, 0.2) is 28.7 Å². The van der Waals surface area contributed by atoms with E-state index in [4.69, 9.17) is 26.2 Å². The number of fused-ring (bicyclic) bond motifs is 1. The van der Waals surface area contributed by atoms with Crippen molar-refractivity contribution < 1.29 is 23.5 Å². The number of esters is 1. The number of thiophene rings is 1. The highest BCUT2D eigenvalue weighted by atomic mass is 35.5. The third-order valence-corrected chi connectivity index (χ3v) is 5.77. The van der Waals surface area contributed by atoms with Crippen molar-refractivity contribution in [3.8, 4) is 0 Å². The summed E-state index contributed by atoms with van der Waals surface area (Å²) in [5, 5.41) is 11.8. The van der Waals surface area contributed by atoms with Crippen molar-refractivity contribution >= 4 is 56.7 Å². The highest BCUT2D eigenvalue weighted by Crippen LogP contribution is 2.34. The number of carbonyl (C=O) groups excluding carboxylic acids is 3. The van der Waals surface area contributed by atoms with E-state index in [0.717, 1.165) is 11.3 Å². The molecule has 1 aromatic carbocycles. The van der Waals surface area contributed by atoms with Crippen molar-refractivity contribution in [2.75, 3.05) is 26.5 Å². The van der Waals surface area contributed by atoms with E-state index in [0.29, 0.717) is 26.4 Å². The minimum absolute atomic E-state index is 0.0490. The van der Waals surface area contributed by atoms with Crippen LogP contribution in [0.1, 0.15) is 36.0 Å². The number of anilines is 1. The van der Waals surface area contributed by atoms with Crippen LogP contribution < -0.4 is 10.9 Å². The number of methoxy groups -OCH3 is 1. The third-order valence-electron chi connectivity index (χ3n) is 4.34. The lowest BCUT2D eigenvalue weighted by Gasteiger charge is -2.08. The number of hydrogen-bond donors (Lipinski definition) is 2. The first-order valence-corrected chi connectivity index (χ1v) is 9.86. The van der Waals surface area contributed by atoms with Gasteiger partial charge < -0.3 is 19.4 Å². The predicted molar refractivity (Wildman–Crippen MR) is 113 cm³/mol. The molecule has 2 aromatic heterocycles. The van der Waals surface area contributed by atoms with Crippen molar-refractivity contribution in [3.63, 3.8) is 0 Å². The maximum Gasteiger partial charge on any atom is 0.341 e. The maximum absolute atomic E-state index is 12.9. The van der Waals surface area contributed by atoms with Crippen molar-refractivity contribution in [2.24, 2.45) is 0 Å². The Bertz CT molecular complexity index is 1250. The minimum Gasteiger partial charge on any atom is -0.465 e. The average Bonchev–Trinajstić information content (AvgIpc) is 3.02. The Balaban J connectivity index is 2.06. The van der Waals surface area contributed by atoms with Crippen LogP contribution in [0, 0.1) is 12.3 Å². The van der Waals surface area contributed by atoms with Gasteiger partial charge in [0.05, 0.1) is 17.6 Å². The lowest BCUT2D eigenvalue weighted by molar-refractivity contribution is 0.0601. The van der Waals surface area contributed by atoms with Gasteiger partial charge in [0.15, 0.2) is 0 Å². The van der Waals surface area contributed by atoms with Gasteiger partial charge in [0, 0.05) is 24.5 Å². The van der Waals surface area contributed by atoms with E-state index in [-0.39, 0.29) is 27.6 Å². The van der Waals surface area contributed by atoms with Gasteiger partial charge in [-0.3, -0.25) is 15.0 Å². The molecular weight excluding hydrogens is 430 g/mol. The van der Waals surface area contributed by atoms with E-state index >= 15 is 0 Å². The standard InChI is InChI=1S/C20H18ClN3O5S/c1-9-14(20(27)28-4)18(30-15(9)19(26)24(2)3)23-17(25)12-8-10-7-11(21)5-6-13(10)29-16(12)22/h5-8,22H,1-4H3,(H,23,25). The van der Waals surface area contributed by atoms with Crippen molar-refractivity contribution in [1.29, 1.82) is 5.41 Å². The molecule has 0 aliphatic carbocycles. The number of rotatable bonds is 4. The number of benzene rings is 1. The molecule has 0 fully saturated rings. The minimum atomic E-state index is -0.682. The van der Waals surface area contributed by atoms with E-state index in [1.807, 2.05) is 0 Å². The van der Waals surface area contributed by atoms with Gasteiger partial charge in [0.2, 0.25) is 5.55 Å². The number of amides is 2. The van der Waals surface area contributed by atoms with Crippen molar-refractivity contribution in [3.05, 3.63) is 56.4 Å². The fourth-order valence-electron chi connectivity index (χ4n) is 2.81. The Labute approximate surface area is 180 Å². The van der Waals surface area contributed by atoms with Gasteiger partial charge in [-0.05, 0) is 36.8 Å². The second-order valence-electron chi connectivity index (χ2n) is 6.58. The van der Waals surface area contributed by atoms with Gasteiger partial charge in [-0.25, -0.2) is 4.79 Å². The van der Waals surface area contributed by atoms with Crippen LogP contribution in [-0.4, -0.2) is 43.9 Å². The van der Waals surface area contributed by atoms with Gasteiger partial charge in [-0.2, -0.15) is 0 Å². The van der Waals surface area contributed by atoms with Crippen LogP contribution >= 0.6 is 22.9 Å². The molecule has 156 valence electrons. The zero-order valence-electron chi connectivity index (χ0n) is 16.6. The Kier molecular flexibility index (Phi) is 5.95. The predicted octanol–water partition coefficient (Wildman–Crippen LogP) is 3.68. The fraction of sp³-hybridized carbons (Fsp3) is 0.200. The summed E-state index contributed by atoms with van der Waals surface area (Å²) in [5.74, 6) is -1.65. The first kappa shape index (κ1) is 21.5. The van der Waals surface area contributed by atoms with E-state index in [9.17, 15) is 14.4 Å². The maximum atomic E-state index is 12.9. The number of nitrogens with zero attached hydrogens (tertiary/aromatic N) is 1. The van der Waals surface area contributed by atoms with Crippen LogP contribution in [0.4, 0.5) is 5.00 Å². The summed E-state index contributed by atoms with van der Waals surface area (Å²) in [4.78, 5) is 39.3. The zero-order valence-corrected chi connectivity index (χ0v) is 18.2. The molecule has 0 aliphatic heterocycles. The molecule has 0 spiro atoms. The molecular formula is C20H18ClN3O5S. The quantitative estimate of drug-likeness (QED) is 0.592. The summed E-state index contributed by atoms with van der Waals surface area (Å²) in [6, 6.07) is 6.31. The average molecular weight is 448 g/mol. The van der Waals surface area contributed by atoms with Crippen LogP contribution in [-0.2, 0) is 4.74 Å². The summed E-state index contributed by atoms with van der Waals surface area (Å²) in [6.45, 7) is 1.61. The molecule has 10 heteroatoms. The number of hydrogen-bond acceptors (Lipinski definition) is 7. The van der Waals surface area contributed by atoms with Crippen LogP contribution in [0.25, 0.3) is 11.0 Å². The van der Waals surface area contributed by atoms with Crippen molar-refractivity contribution in [2.45, 2.75) is 6.92 Å². The summed E-state index contributed by atoms with van der Waals surface area (Å²) < 4.78 is 10.2. The number of halogens is 1.